The maximum Gasteiger partial charge on any atom is 0.0701 e. The average Bonchev–Trinajstić information content (AvgIpc) is 3.31. The first-order chi connectivity index (χ1) is 10.4. The second-order valence-electron chi connectivity index (χ2n) is 5.47. The summed E-state index contributed by atoms with van der Waals surface area (Å²) in [7, 11) is 1.67. The zero-order valence-electron chi connectivity index (χ0n) is 13.6. The third-order valence-corrected chi connectivity index (χ3v) is 3.40. The van der Waals surface area contributed by atoms with Crippen molar-refractivity contribution in [3.63, 3.8) is 0 Å². The van der Waals surface area contributed by atoms with Crippen molar-refractivity contribution in [1.82, 2.24) is 5.32 Å². The van der Waals surface area contributed by atoms with Crippen LogP contribution in [0.3, 0.4) is 0 Å². The molecule has 0 aliphatic heterocycles. The van der Waals surface area contributed by atoms with Gasteiger partial charge in [0, 0.05) is 19.8 Å². The van der Waals surface area contributed by atoms with E-state index in [2.05, 4.69) is 5.32 Å². The van der Waals surface area contributed by atoms with Crippen molar-refractivity contribution in [2.45, 2.75) is 44.6 Å². The highest BCUT2D eigenvalue weighted by atomic mass is 16.6. The van der Waals surface area contributed by atoms with E-state index < -0.39 is 0 Å². The molecule has 0 heterocycles. The van der Waals surface area contributed by atoms with E-state index in [9.17, 15) is 0 Å². The standard InChI is InChI=1S/C16H33NO4/c1-18-10-11-20-14-15-21-13-12-19-9-5-3-2-4-8-17-16-6-7-16/h16-17H,2-15H2,1H3. The Morgan fingerprint density at radius 3 is 1.90 bits per heavy atom. The van der Waals surface area contributed by atoms with Crippen molar-refractivity contribution in [3.05, 3.63) is 0 Å². The van der Waals surface area contributed by atoms with Crippen LogP contribution in [-0.4, -0.2) is 65.9 Å². The predicted octanol–water partition coefficient (Wildman–Crippen LogP) is 1.99. The molecule has 1 N–H and O–H groups in total. The molecule has 5 nitrogen and oxygen atoms in total. The summed E-state index contributed by atoms with van der Waals surface area (Å²) in [5, 5.41) is 3.54. The quantitative estimate of drug-likeness (QED) is 0.417. The zero-order valence-corrected chi connectivity index (χ0v) is 13.6. The van der Waals surface area contributed by atoms with Gasteiger partial charge in [0.05, 0.1) is 39.6 Å². The topological polar surface area (TPSA) is 49.0 Å². The summed E-state index contributed by atoms with van der Waals surface area (Å²) in [5.74, 6) is 0. The number of hydrogen-bond donors (Lipinski definition) is 1. The second kappa shape index (κ2) is 14.7. The molecule has 21 heavy (non-hydrogen) atoms. The van der Waals surface area contributed by atoms with Gasteiger partial charge in [0.15, 0.2) is 0 Å². The Labute approximate surface area is 129 Å². The summed E-state index contributed by atoms with van der Waals surface area (Å²) in [4.78, 5) is 0. The lowest BCUT2D eigenvalue weighted by molar-refractivity contribution is 0.00324. The molecule has 0 radical (unpaired) electrons. The minimum absolute atomic E-state index is 0.623. The Kier molecular flexibility index (Phi) is 13.2. The van der Waals surface area contributed by atoms with Crippen LogP contribution in [0.2, 0.25) is 0 Å². The first-order valence-corrected chi connectivity index (χ1v) is 8.39. The largest absolute Gasteiger partial charge is 0.382 e. The fourth-order valence-electron chi connectivity index (χ4n) is 1.96. The van der Waals surface area contributed by atoms with Crippen LogP contribution in [-0.2, 0) is 18.9 Å². The Hall–Kier alpha value is -0.200. The van der Waals surface area contributed by atoms with Gasteiger partial charge in [-0.3, -0.25) is 0 Å². The smallest absolute Gasteiger partial charge is 0.0701 e. The summed E-state index contributed by atoms with van der Waals surface area (Å²) in [5.41, 5.74) is 0. The average molecular weight is 303 g/mol. The normalized spacial score (nSPS) is 14.7. The summed E-state index contributed by atoms with van der Waals surface area (Å²) in [6.07, 6.45) is 7.79. The van der Waals surface area contributed by atoms with E-state index in [0.29, 0.717) is 39.6 Å². The van der Waals surface area contributed by atoms with Gasteiger partial charge in [-0.05, 0) is 32.2 Å². The molecule has 126 valence electrons. The number of rotatable bonds is 17. The summed E-state index contributed by atoms with van der Waals surface area (Å²) < 4.78 is 21.1. The van der Waals surface area contributed by atoms with E-state index in [1.807, 2.05) is 0 Å². The van der Waals surface area contributed by atoms with Gasteiger partial charge in [-0.25, -0.2) is 0 Å². The van der Waals surface area contributed by atoms with E-state index in [0.717, 1.165) is 19.1 Å². The monoisotopic (exact) mass is 303 g/mol. The number of nitrogens with one attached hydrogen (secondary N) is 1. The second-order valence-corrected chi connectivity index (χ2v) is 5.47. The van der Waals surface area contributed by atoms with Crippen molar-refractivity contribution < 1.29 is 18.9 Å². The zero-order chi connectivity index (χ0) is 15.0. The van der Waals surface area contributed by atoms with Crippen LogP contribution >= 0.6 is 0 Å². The SMILES string of the molecule is COCCOCCOCCOCCCCCCNC1CC1. The maximum atomic E-state index is 5.53. The van der Waals surface area contributed by atoms with Gasteiger partial charge in [0.1, 0.15) is 0 Å². The molecule has 0 bridgehead atoms. The Balaban J connectivity index is 1.59. The van der Waals surface area contributed by atoms with E-state index in [-0.39, 0.29) is 0 Å². The molecule has 0 amide bonds. The molecule has 1 fully saturated rings. The molecular formula is C16H33NO4. The van der Waals surface area contributed by atoms with Gasteiger partial charge < -0.3 is 24.3 Å². The first-order valence-electron chi connectivity index (χ1n) is 8.39. The van der Waals surface area contributed by atoms with E-state index >= 15 is 0 Å². The predicted molar refractivity (Wildman–Crippen MR) is 83.8 cm³/mol. The van der Waals surface area contributed by atoms with Crippen LogP contribution in [0.15, 0.2) is 0 Å². The molecule has 1 aliphatic rings. The molecule has 0 unspecified atom stereocenters. The Bertz CT molecular complexity index is 212. The fraction of sp³-hybridized carbons (Fsp3) is 1.00. The van der Waals surface area contributed by atoms with Crippen LogP contribution in [0.5, 0.6) is 0 Å². The van der Waals surface area contributed by atoms with Crippen LogP contribution in [0, 0.1) is 0 Å². The van der Waals surface area contributed by atoms with E-state index in [1.54, 1.807) is 7.11 Å². The molecule has 1 rings (SSSR count). The molecule has 0 saturated heterocycles. The van der Waals surface area contributed by atoms with Crippen LogP contribution in [0.4, 0.5) is 0 Å². The van der Waals surface area contributed by atoms with Crippen LogP contribution < -0.4 is 5.32 Å². The van der Waals surface area contributed by atoms with Crippen molar-refractivity contribution >= 4 is 0 Å². The molecule has 1 saturated carbocycles. The molecule has 0 atom stereocenters. The van der Waals surface area contributed by atoms with Crippen molar-refractivity contribution in [3.8, 4) is 0 Å². The lowest BCUT2D eigenvalue weighted by Crippen LogP contribution is -2.17. The molecule has 5 heteroatoms. The third-order valence-electron chi connectivity index (χ3n) is 3.40. The molecule has 0 spiro atoms. The van der Waals surface area contributed by atoms with E-state index in [1.165, 1.54) is 38.6 Å². The minimum Gasteiger partial charge on any atom is -0.382 e. The summed E-state index contributed by atoms with van der Waals surface area (Å²) in [6.45, 7) is 5.89. The number of hydrogen-bond acceptors (Lipinski definition) is 5. The molecule has 0 aromatic rings. The van der Waals surface area contributed by atoms with Gasteiger partial charge in [-0.15, -0.1) is 0 Å². The molecule has 0 aromatic heterocycles. The Morgan fingerprint density at radius 2 is 1.29 bits per heavy atom. The van der Waals surface area contributed by atoms with Crippen molar-refractivity contribution in [2.75, 3.05) is 59.9 Å². The number of ether oxygens (including phenoxy) is 4. The van der Waals surface area contributed by atoms with Crippen LogP contribution in [0.1, 0.15) is 38.5 Å². The van der Waals surface area contributed by atoms with Gasteiger partial charge in [0.2, 0.25) is 0 Å². The van der Waals surface area contributed by atoms with Gasteiger partial charge >= 0.3 is 0 Å². The minimum atomic E-state index is 0.623. The molecular weight excluding hydrogens is 270 g/mol. The number of methoxy groups -OCH3 is 1. The highest BCUT2D eigenvalue weighted by molar-refractivity contribution is 4.80. The lowest BCUT2D eigenvalue weighted by atomic mass is 10.2. The van der Waals surface area contributed by atoms with Gasteiger partial charge in [-0.2, -0.15) is 0 Å². The van der Waals surface area contributed by atoms with Gasteiger partial charge in [0.25, 0.3) is 0 Å². The Morgan fingerprint density at radius 1 is 0.714 bits per heavy atom. The van der Waals surface area contributed by atoms with E-state index in [4.69, 9.17) is 18.9 Å². The van der Waals surface area contributed by atoms with Crippen molar-refractivity contribution in [1.29, 1.82) is 0 Å². The van der Waals surface area contributed by atoms with Crippen LogP contribution in [0.25, 0.3) is 0 Å². The van der Waals surface area contributed by atoms with Gasteiger partial charge in [-0.1, -0.05) is 12.8 Å². The van der Waals surface area contributed by atoms with Crippen molar-refractivity contribution in [2.24, 2.45) is 0 Å². The first kappa shape index (κ1) is 18.8. The highest BCUT2D eigenvalue weighted by Gasteiger charge is 2.19. The summed E-state index contributed by atoms with van der Waals surface area (Å²) >= 11 is 0. The fourth-order valence-corrected chi connectivity index (χ4v) is 1.96. The highest BCUT2D eigenvalue weighted by Crippen LogP contribution is 2.18. The molecule has 0 aromatic carbocycles. The summed E-state index contributed by atoms with van der Waals surface area (Å²) in [6, 6.07) is 0.846. The third kappa shape index (κ3) is 14.5. The molecule has 1 aliphatic carbocycles. The number of unbranched alkanes of at least 4 members (excludes halogenated alkanes) is 3. The lowest BCUT2D eigenvalue weighted by Gasteiger charge is -2.07. The maximum absolute atomic E-state index is 5.53.